The van der Waals surface area contributed by atoms with Gasteiger partial charge in [-0.25, -0.2) is 0 Å². The van der Waals surface area contributed by atoms with Crippen LogP contribution in [-0.2, 0) is 6.54 Å². The molecule has 0 bridgehead atoms. The number of hydrogen-bond acceptors (Lipinski definition) is 4. The molecule has 0 aliphatic carbocycles. The smallest absolute Gasteiger partial charge is 0.155 e. The van der Waals surface area contributed by atoms with Gasteiger partial charge in [0.15, 0.2) is 5.76 Å². The summed E-state index contributed by atoms with van der Waals surface area (Å²) in [5, 5.41) is 6.88. The fourth-order valence-corrected chi connectivity index (χ4v) is 1.35. The van der Waals surface area contributed by atoms with Gasteiger partial charge in [-0.3, -0.25) is 0 Å². The summed E-state index contributed by atoms with van der Waals surface area (Å²) < 4.78 is 4.98. The Morgan fingerprint density at radius 2 is 2.27 bits per heavy atom. The van der Waals surface area contributed by atoms with Crippen molar-refractivity contribution in [3.63, 3.8) is 0 Å². The number of nitrogens with two attached hydrogens (primary N) is 1. The highest BCUT2D eigenvalue weighted by molar-refractivity contribution is 5.59. The highest BCUT2D eigenvalue weighted by atomic mass is 16.5. The molecule has 0 spiro atoms. The molecule has 0 unspecified atom stereocenters. The summed E-state index contributed by atoms with van der Waals surface area (Å²) in [4.78, 5) is 0. The maximum absolute atomic E-state index is 5.70. The van der Waals surface area contributed by atoms with Gasteiger partial charge >= 0.3 is 0 Å². The topological polar surface area (TPSA) is 64.1 Å². The van der Waals surface area contributed by atoms with E-state index in [1.807, 2.05) is 31.2 Å². The number of nitrogen functional groups attached to an aromatic ring is 1. The summed E-state index contributed by atoms with van der Waals surface area (Å²) in [7, 11) is 0. The maximum atomic E-state index is 5.70. The van der Waals surface area contributed by atoms with E-state index in [-0.39, 0.29) is 0 Å². The molecule has 4 nitrogen and oxygen atoms in total. The lowest BCUT2D eigenvalue weighted by Crippen LogP contribution is -2.00. The third kappa shape index (κ3) is 2.28. The molecule has 1 aromatic carbocycles. The van der Waals surface area contributed by atoms with Gasteiger partial charge in [0.2, 0.25) is 0 Å². The third-order valence-corrected chi connectivity index (χ3v) is 2.21. The predicted molar refractivity (Wildman–Crippen MR) is 59.4 cm³/mol. The molecule has 0 saturated heterocycles. The van der Waals surface area contributed by atoms with Gasteiger partial charge in [0.05, 0.1) is 12.7 Å². The van der Waals surface area contributed by atoms with Crippen molar-refractivity contribution < 1.29 is 4.52 Å². The first-order chi connectivity index (χ1) is 7.25. The third-order valence-electron chi connectivity index (χ3n) is 2.21. The normalized spacial score (nSPS) is 10.2. The lowest BCUT2D eigenvalue weighted by molar-refractivity contribution is 0.388. The molecule has 0 aliphatic rings. The highest BCUT2D eigenvalue weighted by Gasteiger charge is 2.00. The minimum Gasteiger partial charge on any atom is -0.399 e. The van der Waals surface area contributed by atoms with Crippen molar-refractivity contribution in [3.8, 4) is 0 Å². The Hall–Kier alpha value is -1.97. The molecule has 0 amide bonds. The van der Waals surface area contributed by atoms with Crippen molar-refractivity contribution in [2.45, 2.75) is 13.5 Å². The average molecular weight is 203 g/mol. The van der Waals surface area contributed by atoms with E-state index in [0.29, 0.717) is 6.54 Å². The molecule has 2 aromatic rings. The first kappa shape index (κ1) is 9.58. The fourth-order valence-electron chi connectivity index (χ4n) is 1.35. The molecule has 4 heteroatoms. The Labute approximate surface area is 88.1 Å². The molecule has 78 valence electrons. The van der Waals surface area contributed by atoms with Gasteiger partial charge < -0.3 is 15.6 Å². The monoisotopic (exact) mass is 203 g/mol. The number of aryl methyl sites for hydroxylation is 1. The molecule has 1 heterocycles. The predicted octanol–water partition coefficient (Wildman–Crippen LogP) is 2.18. The summed E-state index contributed by atoms with van der Waals surface area (Å²) in [6.07, 6.45) is 1.63. The van der Waals surface area contributed by atoms with Crippen molar-refractivity contribution in [2.24, 2.45) is 0 Å². The van der Waals surface area contributed by atoms with Gasteiger partial charge in [-0.05, 0) is 24.6 Å². The zero-order chi connectivity index (χ0) is 10.7. The van der Waals surface area contributed by atoms with E-state index >= 15 is 0 Å². The minimum atomic E-state index is 0.615. The quantitative estimate of drug-likeness (QED) is 0.750. The Morgan fingerprint density at radius 1 is 1.40 bits per heavy atom. The molecule has 1 aromatic heterocycles. The second-order valence-electron chi connectivity index (χ2n) is 3.41. The number of aromatic nitrogens is 1. The first-order valence-corrected chi connectivity index (χ1v) is 4.75. The standard InChI is InChI=1S/C11H13N3O/c1-8-2-3-9(12)6-11(8)13-7-10-4-5-14-15-10/h2-6,13H,7,12H2,1H3. The number of hydrogen-bond donors (Lipinski definition) is 2. The van der Waals surface area contributed by atoms with Crippen molar-refractivity contribution in [3.05, 3.63) is 41.8 Å². The van der Waals surface area contributed by atoms with E-state index in [9.17, 15) is 0 Å². The number of benzene rings is 1. The molecule has 15 heavy (non-hydrogen) atoms. The Bertz CT molecular complexity index is 437. The second kappa shape index (κ2) is 4.04. The van der Waals surface area contributed by atoms with Crippen LogP contribution >= 0.6 is 0 Å². The molecular formula is C11H13N3O. The summed E-state index contributed by atoms with van der Waals surface area (Å²) in [5.41, 5.74) is 8.63. The van der Waals surface area contributed by atoms with Gasteiger partial charge in [-0.15, -0.1) is 0 Å². The fraction of sp³-hybridized carbons (Fsp3) is 0.182. The van der Waals surface area contributed by atoms with Gasteiger partial charge in [0.25, 0.3) is 0 Å². The van der Waals surface area contributed by atoms with Crippen LogP contribution in [0.4, 0.5) is 11.4 Å². The van der Waals surface area contributed by atoms with Crippen LogP contribution in [-0.4, -0.2) is 5.16 Å². The van der Waals surface area contributed by atoms with Gasteiger partial charge in [0, 0.05) is 17.4 Å². The molecule has 2 rings (SSSR count). The Balaban J connectivity index is 2.07. The first-order valence-electron chi connectivity index (χ1n) is 4.75. The van der Waals surface area contributed by atoms with Crippen molar-refractivity contribution in [2.75, 3.05) is 11.1 Å². The molecule has 0 aliphatic heterocycles. The van der Waals surface area contributed by atoms with E-state index in [1.54, 1.807) is 6.20 Å². The largest absolute Gasteiger partial charge is 0.399 e. The van der Waals surface area contributed by atoms with Crippen LogP contribution in [0.1, 0.15) is 11.3 Å². The van der Waals surface area contributed by atoms with Crippen molar-refractivity contribution >= 4 is 11.4 Å². The maximum Gasteiger partial charge on any atom is 0.155 e. The van der Waals surface area contributed by atoms with E-state index in [0.717, 1.165) is 22.7 Å². The molecule has 0 fully saturated rings. The number of rotatable bonds is 3. The number of anilines is 2. The summed E-state index contributed by atoms with van der Waals surface area (Å²) in [5.74, 6) is 0.803. The molecule has 3 N–H and O–H groups in total. The average Bonchev–Trinajstić information content (AvgIpc) is 2.72. The van der Waals surface area contributed by atoms with E-state index in [2.05, 4.69) is 10.5 Å². The highest BCUT2D eigenvalue weighted by Crippen LogP contribution is 2.18. The Kier molecular flexibility index (Phi) is 2.58. The minimum absolute atomic E-state index is 0.615. The zero-order valence-corrected chi connectivity index (χ0v) is 8.53. The zero-order valence-electron chi connectivity index (χ0n) is 8.53. The van der Waals surface area contributed by atoms with Crippen LogP contribution in [0.5, 0.6) is 0 Å². The molecule has 0 radical (unpaired) electrons. The number of nitrogens with one attached hydrogen (secondary N) is 1. The van der Waals surface area contributed by atoms with Crippen LogP contribution in [0.3, 0.4) is 0 Å². The molecule has 0 saturated carbocycles. The van der Waals surface area contributed by atoms with Crippen molar-refractivity contribution in [1.29, 1.82) is 0 Å². The molecular weight excluding hydrogens is 190 g/mol. The summed E-state index contributed by atoms with van der Waals surface area (Å²) >= 11 is 0. The van der Waals surface area contributed by atoms with E-state index in [4.69, 9.17) is 10.3 Å². The van der Waals surface area contributed by atoms with Crippen LogP contribution in [0.2, 0.25) is 0 Å². The summed E-state index contributed by atoms with van der Waals surface area (Å²) in [6.45, 7) is 2.65. The van der Waals surface area contributed by atoms with Crippen LogP contribution in [0, 0.1) is 6.92 Å². The van der Waals surface area contributed by atoms with E-state index in [1.165, 1.54) is 0 Å². The van der Waals surface area contributed by atoms with Crippen molar-refractivity contribution in [1.82, 2.24) is 5.16 Å². The summed E-state index contributed by atoms with van der Waals surface area (Å²) in [6, 6.07) is 7.60. The van der Waals surface area contributed by atoms with Gasteiger partial charge in [-0.1, -0.05) is 11.2 Å². The van der Waals surface area contributed by atoms with Gasteiger partial charge in [0.1, 0.15) is 0 Å². The lowest BCUT2D eigenvalue weighted by atomic mass is 10.2. The Morgan fingerprint density at radius 3 is 3.00 bits per heavy atom. The SMILES string of the molecule is Cc1ccc(N)cc1NCc1ccno1. The van der Waals surface area contributed by atoms with Gasteiger partial charge in [-0.2, -0.15) is 0 Å². The molecule has 0 atom stereocenters. The number of nitrogens with zero attached hydrogens (tertiary/aromatic N) is 1. The lowest BCUT2D eigenvalue weighted by Gasteiger charge is -2.08. The van der Waals surface area contributed by atoms with Crippen LogP contribution in [0.25, 0.3) is 0 Å². The second-order valence-corrected chi connectivity index (χ2v) is 3.41. The van der Waals surface area contributed by atoms with Crippen LogP contribution < -0.4 is 11.1 Å². The van der Waals surface area contributed by atoms with Crippen LogP contribution in [0.15, 0.2) is 35.0 Å². The van der Waals surface area contributed by atoms with E-state index < -0.39 is 0 Å².